The summed E-state index contributed by atoms with van der Waals surface area (Å²) in [5, 5.41) is 6.17. The first-order chi connectivity index (χ1) is 15.3. The van der Waals surface area contributed by atoms with Crippen LogP contribution in [0.2, 0.25) is 0 Å². The van der Waals surface area contributed by atoms with E-state index in [1.807, 2.05) is 60.7 Å². The number of nitrogens with zero attached hydrogens (tertiary/aromatic N) is 3. The van der Waals surface area contributed by atoms with E-state index in [2.05, 4.69) is 38.8 Å². The molecule has 31 heavy (non-hydrogen) atoms. The minimum Gasteiger partial charge on any atom is -0.341 e. The first kappa shape index (κ1) is 18.9. The average Bonchev–Trinajstić information content (AvgIpc) is 2.97. The molecular weight excluding hydrogens is 386 g/mol. The van der Waals surface area contributed by atoms with Gasteiger partial charge < -0.3 is 10.6 Å². The summed E-state index contributed by atoms with van der Waals surface area (Å²) >= 11 is 0. The Labute approximate surface area is 180 Å². The van der Waals surface area contributed by atoms with Crippen LogP contribution in [0.3, 0.4) is 0 Å². The Kier molecular flexibility index (Phi) is 5.10. The molecule has 5 rings (SSSR count). The highest BCUT2D eigenvalue weighted by atomic mass is 16.2. The molecule has 1 amide bonds. The van der Waals surface area contributed by atoms with Gasteiger partial charge >= 0.3 is 0 Å². The van der Waals surface area contributed by atoms with Crippen LogP contribution in [-0.4, -0.2) is 27.8 Å². The molecule has 0 bridgehead atoms. The monoisotopic (exact) mass is 407 g/mol. The van der Waals surface area contributed by atoms with Gasteiger partial charge in [-0.05, 0) is 24.5 Å². The number of amides is 1. The van der Waals surface area contributed by atoms with Gasteiger partial charge in [0.25, 0.3) is 5.91 Å². The topological polar surface area (TPSA) is 79.3 Å². The molecular formula is C25H21N5O. The predicted molar refractivity (Wildman–Crippen MR) is 123 cm³/mol. The number of carbonyl (C=O) groups is 1. The molecule has 1 unspecified atom stereocenters. The van der Waals surface area contributed by atoms with E-state index < -0.39 is 6.17 Å². The maximum absolute atomic E-state index is 13.0. The fourth-order valence-corrected chi connectivity index (χ4v) is 3.72. The predicted octanol–water partition coefficient (Wildman–Crippen LogP) is 4.44. The summed E-state index contributed by atoms with van der Waals surface area (Å²) in [5.74, 6) is 0.308. The molecule has 6 nitrogen and oxygen atoms in total. The normalized spacial score (nSPS) is 17.7. The summed E-state index contributed by atoms with van der Waals surface area (Å²) in [6.07, 6.45) is 9.07. The average molecular weight is 407 g/mol. The molecule has 0 radical (unpaired) electrons. The van der Waals surface area contributed by atoms with Gasteiger partial charge in [0.15, 0.2) is 0 Å². The standard InChI is InChI=1S/C25H21N5O/c31-25-24(29-22-15-21(26-16-27-22)17-9-3-1-4-10-17)30-23(18-11-5-2-6-12-18)19-13-7-8-14-20(19)28-25/h2-3,5-16,24H,1,4H2,(H,28,31)(H,26,27,29). The minimum atomic E-state index is -0.832. The molecule has 3 aromatic rings. The van der Waals surface area contributed by atoms with Crippen molar-refractivity contribution in [2.24, 2.45) is 4.99 Å². The number of rotatable bonds is 4. The lowest BCUT2D eigenvalue weighted by Gasteiger charge is -2.15. The van der Waals surface area contributed by atoms with Crippen molar-refractivity contribution in [1.82, 2.24) is 9.97 Å². The van der Waals surface area contributed by atoms with Crippen LogP contribution in [0.4, 0.5) is 11.5 Å². The molecule has 2 aromatic carbocycles. The lowest BCUT2D eigenvalue weighted by molar-refractivity contribution is -0.116. The van der Waals surface area contributed by atoms with Crippen molar-refractivity contribution in [2.75, 3.05) is 10.6 Å². The Bertz CT molecular complexity index is 1210. The number of nitrogens with one attached hydrogen (secondary N) is 2. The van der Waals surface area contributed by atoms with Crippen molar-refractivity contribution in [3.05, 3.63) is 102 Å². The fraction of sp³-hybridized carbons (Fsp3) is 0.120. The van der Waals surface area contributed by atoms with Gasteiger partial charge in [-0.1, -0.05) is 66.8 Å². The van der Waals surface area contributed by atoms with E-state index in [1.54, 1.807) is 0 Å². The SMILES string of the molecule is O=C1Nc2ccccc2C(c2ccccc2)=NC1Nc1cc(C2=CCCC=C2)ncn1. The summed E-state index contributed by atoms with van der Waals surface area (Å²) in [7, 11) is 0. The van der Waals surface area contributed by atoms with Crippen LogP contribution >= 0.6 is 0 Å². The summed E-state index contributed by atoms with van der Waals surface area (Å²) < 4.78 is 0. The van der Waals surface area contributed by atoms with Gasteiger partial charge in [0, 0.05) is 17.2 Å². The number of hydrogen-bond donors (Lipinski definition) is 2. The van der Waals surface area contributed by atoms with Gasteiger partial charge in [-0.2, -0.15) is 0 Å². The minimum absolute atomic E-state index is 0.240. The maximum atomic E-state index is 13.0. The van der Waals surface area contributed by atoms with E-state index >= 15 is 0 Å². The van der Waals surface area contributed by atoms with E-state index in [0.29, 0.717) is 5.82 Å². The molecule has 152 valence electrons. The van der Waals surface area contributed by atoms with E-state index in [1.165, 1.54) is 6.33 Å². The van der Waals surface area contributed by atoms with E-state index in [4.69, 9.17) is 4.99 Å². The number of hydrogen-bond acceptors (Lipinski definition) is 5. The van der Waals surface area contributed by atoms with Crippen LogP contribution in [0.1, 0.15) is 29.7 Å². The molecule has 2 heterocycles. The highest BCUT2D eigenvalue weighted by Gasteiger charge is 2.26. The highest BCUT2D eigenvalue weighted by molar-refractivity contribution is 6.19. The van der Waals surface area contributed by atoms with Crippen molar-refractivity contribution in [3.8, 4) is 0 Å². The number of anilines is 2. The first-order valence-corrected chi connectivity index (χ1v) is 10.3. The molecule has 1 atom stereocenters. The van der Waals surface area contributed by atoms with Crippen molar-refractivity contribution >= 4 is 28.7 Å². The molecule has 6 heteroatoms. The summed E-state index contributed by atoms with van der Waals surface area (Å²) in [5.41, 5.74) is 5.19. The molecule has 2 N–H and O–H groups in total. The zero-order valence-electron chi connectivity index (χ0n) is 16.8. The number of aromatic nitrogens is 2. The number of benzodiazepines with no additional fused rings is 1. The molecule has 0 saturated carbocycles. The lowest BCUT2D eigenvalue weighted by atomic mass is 10.0. The van der Waals surface area contributed by atoms with Crippen LogP contribution in [-0.2, 0) is 4.79 Å². The number of allylic oxidation sites excluding steroid dienone is 4. The van der Waals surface area contributed by atoms with Crippen LogP contribution in [0.5, 0.6) is 0 Å². The Morgan fingerprint density at radius 1 is 0.968 bits per heavy atom. The number of carbonyl (C=O) groups excluding carboxylic acids is 1. The van der Waals surface area contributed by atoms with E-state index in [0.717, 1.165) is 46.6 Å². The van der Waals surface area contributed by atoms with Gasteiger partial charge in [0.1, 0.15) is 12.1 Å². The van der Waals surface area contributed by atoms with Gasteiger partial charge in [0.05, 0.1) is 17.1 Å². The van der Waals surface area contributed by atoms with Crippen LogP contribution in [0, 0.1) is 0 Å². The molecule has 1 aliphatic heterocycles. The Morgan fingerprint density at radius 3 is 2.65 bits per heavy atom. The van der Waals surface area contributed by atoms with E-state index in [-0.39, 0.29) is 5.91 Å². The van der Waals surface area contributed by atoms with Crippen molar-refractivity contribution < 1.29 is 4.79 Å². The number of para-hydroxylation sites is 1. The Balaban J connectivity index is 1.51. The number of benzene rings is 2. The zero-order chi connectivity index (χ0) is 21.0. The molecule has 2 aliphatic rings. The summed E-state index contributed by atoms with van der Waals surface area (Å²) in [6, 6.07) is 19.4. The quantitative estimate of drug-likeness (QED) is 0.670. The van der Waals surface area contributed by atoms with Gasteiger partial charge in [-0.3, -0.25) is 4.79 Å². The highest BCUT2D eigenvalue weighted by Crippen LogP contribution is 2.25. The number of fused-ring (bicyclic) bond motifs is 1. The van der Waals surface area contributed by atoms with Crippen molar-refractivity contribution in [3.63, 3.8) is 0 Å². The molecule has 0 spiro atoms. The Morgan fingerprint density at radius 2 is 1.81 bits per heavy atom. The van der Waals surface area contributed by atoms with Crippen LogP contribution in [0.15, 0.2) is 90.2 Å². The molecule has 0 fully saturated rings. The van der Waals surface area contributed by atoms with E-state index in [9.17, 15) is 4.79 Å². The third-order valence-corrected chi connectivity index (χ3v) is 5.24. The van der Waals surface area contributed by atoms with Gasteiger partial charge in [-0.15, -0.1) is 0 Å². The second-order valence-corrected chi connectivity index (χ2v) is 7.35. The zero-order valence-corrected chi connectivity index (χ0v) is 16.8. The maximum Gasteiger partial charge on any atom is 0.269 e. The number of aliphatic imine (C=N–C) groups is 1. The summed E-state index contributed by atoms with van der Waals surface area (Å²) in [4.78, 5) is 26.5. The lowest BCUT2D eigenvalue weighted by Crippen LogP contribution is -2.33. The Hall–Kier alpha value is -4.06. The molecule has 1 aliphatic carbocycles. The third-order valence-electron chi connectivity index (χ3n) is 5.24. The van der Waals surface area contributed by atoms with Crippen molar-refractivity contribution in [2.45, 2.75) is 19.0 Å². The third kappa shape index (κ3) is 4.00. The largest absolute Gasteiger partial charge is 0.341 e. The van der Waals surface area contributed by atoms with Crippen molar-refractivity contribution in [1.29, 1.82) is 0 Å². The summed E-state index contributed by atoms with van der Waals surface area (Å²) in [6.45, 7) is 0. The smallest absolute Gasteiger partial charge is 0.269 e. The van der Waals surface area contributed by atoms with Crippen LogP contribution < -0.4 is 10.6 Å². The van der Waals surface area contributed by atoms with Crippen LogP contribution in [0.25, 0.3) is 5.57 Å². The second kappa shape index (κ2) is 8.36. The van der Waals surface area contributed by atoms with Gasteiger partial charge in [0.2, 0.25) is 6.17 Å². The molecule has 0 saturated heterocycles. The van der Waals surface area contributed by atoms with Gasteiger partial charge in [-0.25, -0.2) is 15.0 Å². The fourth-order valence-electron chi connectivity index (χ4n) is 3.72. The second-order valence-electron chi connectivity index (χ2n) is 7.35. The first-order valence-electron chi connectivity index (χ1n) is 10.3. The molecule has 1 aromatic heterocycles.